The molecule has 1 aromatic rings. The van der Waals surface area contributed by atoms with Gasteiger partial charge in [0.05, 0.1) is 6.61 Å². The molecule has 37 heavy (non-hydrogen) atoms. The number of amides is 1. The van der Waals surface area contributed by atoms with Gasteiger partial charge in [-0.2, -0.15) is 0 Å². The van der Waals surface area contributed by atoms with Crippen LogP contribution in [-0.4, -0.2) is 84.5 Å². The number of rotatable bonds is 12. The third kappa shape index (κ3) is 18.7. The number of hydrogen-bond acceptors (Lipinski definition) is 9. The molecule has 0 fully saturated rings. The quantitative estimate of drug-likeness (QED) is 0.183. The molecular weight excluding hydrogens is 479 g/mol. The van der Waals surface area contributed by atoms with Gasteiger partial charge < -0.3 is 34.8 Å². The molecule has 0 atom stereocenters. The van der Waals surface area contributed by atoms with Gasteiger partial charge in [-0.25, -0.2) is 9.59 Å². The maximum atomic E-state index is 11.3. The third-order valence-electron chi connectivity index (χ3n) is 4.39. The van der Waals surface area contributed by atoms with E-state index < -0.39 is 13.1 Å². The minimum absolute atomic E-state index is 0.0473. The summed E-state index contributed by atoms with van der Waals surface area (Å²) in [7, 11) is -1.54. The van der Waals surface area contributed by atoms with Crippen molar-refractivity contribution < 1.29 is 39.0 Å². The maximum absolute atomic E-state index is 11.3. The molecule has 0 aromatic heterocycles. The van der Waals surface area contributed by atoms with E-state index in [0.29, 0.717) is 34.5 Å². The van der Waals surface area contributed by atoms with Crippen LogP contribution in [0.4, 0.5) is 5.69 Å². The second-order valence-corrected chi connectivity index (χ2v) is 7.82. The molecule has 0 unspecified atom stereocenters. The molecule has 0 aliphatic heterocycles. The molecule has 0 saturated heterocycles. The minimum atomic E-state index is -1.54. The van der Waals surface area contributed by atoms with Crippen LogP contribution in [0, 0.1) is 0 Å². The first-order valence-corrected chi connectivity index (χ1v) is 11.7. The number of nitrogens with zero attached hydrogens (tertiary/aromatic N) is 1. The molecule has 0 aliphatic carbocycles. The summed E-state index contributed by atoms with van der Waals surface area (Å²) in [5, 5.41) is 28.6. The summed E-state index contributed by atoms with van der Waals surface area (Å²) in [5.41, 5.74) is 2.04. The molecule has 0 radical (unpaired) electrons. The Morgan fingerprint density at radius 3 is 1.84 bits per heavy atom. The van der Waals surface area contributed by atoms with Gasteiger partial charge in [0, 0.05) is 29.0 Å². The lowest BCUT2D eigenvalue weighted by molar-refractivity contribution is -0.140. The molecular formula is C26H41BN2O8. The summed E-state index contributed by atoms with van der Waals surface area (Å²) in [4.78, 5) is 34.9. The fourth-order valence-corrected chi connectivity index (χ4v) is 2.21. The Hall–Kier alpha value is -3.25. The fourth-order valence-electron chi connectivity index (χ4n) is 2.21. The Morgan fingerprint density at radius 1 is 0.919 bits per heavy atom. The van der Waals surface area contributed by atoms with Gasteiger partial charge in [0.15, 0.2) is 0 Å². The lowest BCUT2D eigenvalue weighted by Crippen LogP contribution is -2.30. The van der Waals surface area contributed by atoms with Crippen LogP contribution in [-0.2, 0) is 23.9 Å². The van der Waals surface area contributed by atoms with Crippen LogP contribution < -0.4 is 10.8 Å². The molecule has 0 spiro atoms. The van der Waals surface area contributed by atoms with E-state index in [1.54, 1.807) is 39.0 Å². The topological polar surface area (TPSA) is 146 Å². The van der Waals surface area contributed by atoms with Gasteiger partial charge >= 0.3 is 19.1 Å². The van der Waals surface area contributed by atoms with Gasteiger partial charge in [-0.15, -0.1) is 0 Å². The van der Waals surface area contributed by atoms with Gasteiger partial charge in [-0.3, -0.25) is 4.79 Å². The van der Waals surface area contributed by atoms with Crippen LogP contribution in [0.25, 0.3) is 0 Å². The molecule has 0 saturated carbocycles. The molecule has 4 N–H and O–H groups in total. The molecule has 206 valence electrons. The van der Waals surface area contributed by atoms with Crippen molar-refractivity contribution in [1.82, 2.24) is 4.90 Å². The van der Waals surface area contributed by atoms with Gasteiger partial charge in [0.2, 0.25) is 0 Å². The van der Waals surface area contributed by atoms with E-state index in [2.05, 4.69) is 48.5 Å². The number of carbonyl (C=O) groups is 3. The normalized spacial score (nSPS) is 9.54. The summed E-state index contributed by atoms with van der Waals surface area (Å²) in [5.74, 6) is -1.05. The molecule has 11 heteroatoms. The van der Waals surface area contributed by atoms with Crippen LogP contribution in [0.15, 0.2) is 60.7 Å². The smallest absolute Gasteiger partial charge is 0.461 e. The van der Waals surface area contributed by atoms with Crippen molar-refractivity contribution in [2.24, 2.45) is 0 Å². The van der Waals surface area contributed by atoms with Crippen molar-refractivity contribution in [1.29, 1.82) is 0 Å². The second kappa shape index (κ2) is 20.9. The van der Waals surface area contributed by atoms with E-state index in [-0.39, 0.29) is 25.1 Å². The molecule has 1 amide bonds. The summed E-state index contributed by atoms with van der Waals surface area (Å²) >= 11 is 0. The van der Waals surface area contributed by atoms with Crippen molar-refractivity contribution in [2.75, 3.05) is 44.8 Å². The molecule has 1 rings (SSSR count). The predicted octanol–water partition coefficient (Wildman–Crippen LogP) is 1.43. The summed E-state index contributed by atoms with van der Waals surface area (Å²) < 4.78 is 9.42. The number of aliphatic hydroxyl groups is 1. The van der Waals surface area contributed by atoms with E-state index in [4.69, 9.17) is 19.9 Å². The van der Waals surface area contributed by atoms with E-state index >= 15 is 0 Å². The van der Waals surface area contributed by atoms with Crippen molar-refractivity contribution >= 4 is 36.1 Å². The molecule has 0 heterocycles. The Balaban J connectivity index is 0. The van der Waals surface area contributed by atoms with E-state index in [1.807, 2.05) is 0 Å². The number of likely N-dealkylation sites (N-methyl/N-ethyl adjacent to an activating group) is 1. The predicted molar refractivity (Wildman–Crippen MR) is 146 cm³/mol. The maximum Gasteiger partial charge on any atom is 0.488 e. The van der Waals surface area contributed by atoms with E-state index in [1.165, 1.54) is 6.07 Å². The lowest BCUT2D eigenvalue weighted by Gasteiger charge is -2.17. The lowest BCUT2D eigenvalue weighted by atomic mass is 9.80. The second-order valence-electron chi connectivity index (χ2n) is 7.82. The van der Waals surface area contributed by atoms with Crippen molar-refractivity contribution in [3.05, 3.63) is 60.7 Å². The summed E-state index contributed by atoms with van der Waals surface area (Å²) in [6, 6.07) is 6.34. The van der Waals surface area contributed by atoms with E-state index in [0.717, 1.165) is 19.6 Å². The fraction of sp³-hybridized carbons (Fsp3) is 0.423. The summed E-state index contributed by atoms with van der Waals surface area (Å²) in [6.45, 7) is 22.5. The first-order valence-electron chi connectivity index (χ1n) is 11.7. The standard InChI is InChI=1S/C10H12BNO3.C10H19NO2.C6H10O3/c1-7(2)10(13)12-9-5-3-4-8(6-9)11(14)15;1-5-11(6-2)7-8-13-10(12)9(3)4;1-5(2)6(8)9-4-3-7/h3-6,14-15H,1H2,2H3,(H,12,13);3,5-8H2,1-2,4H3;7H,1,3-4H2,2H3. The van der Waals surface area contributed by atoms with E-state index in [9.17, 15) is 14.4 Å². The highest BCUT2D eigenvalue weighted by Crippen LogP contribution is 2.05. The Labute approximate surface area is 220 Å². The van der Waals surface area contributed by atoms with Crippen molar-refractivity contribution in [3.8, 4) is 0 Å². The van der Waals surface area contributed by atoms with Crippen LogP contribution in [0.3, 0.4) is 0 Å². The van der Waals surface area contributed by atoms with Crippen LogP contribution >= 0.6 is 0 Å². The highest BCUT2D eigenvalue weighted by molar-refractivity contribution is 6.58. The van der Waals surface area contributed by atoms with Gasteiger partial charge in [0.1, 0.15) is 13.2 Å². The number of anilines is 1. The van der Waals surface area contributed by atoms with Crippen LogP contribution in [0.1, 0.15) is 34.6 Å². The number of esters is 2. The van der Waals surface area contributed by atoms with Gasteiger partial charge in [-0.1, -0.05) is 45.7 Å². The first kappa shape index (κ1) is 35.9. The molecule has 0 bridgehead atoms. The Bertz CT molecular complexity index is 898. The third-order valence-corrected chi connectivity index (χ3v) is 4.39. The number of hydrogen-bond donors (Lipinski definition) is 4. The van der Waals surface area contributed by atoms with Gasteiger partial charge in [0.25, 0.3) is 5.91 Å². The zero-order valence-electron chi connectivity index (χ0n) is 22.6. The number of ether oxygens (including phenoxy) is 2. The zero-order valence-corrected chi connectivity index (χ0v) is 22.6. The van der Waals surface area contributed by atoms with Crippen LogP contribution in [0.5, 0.6) is 0 Å². The van der Waals surface area contributed by atoms with Crippen molar-refractivity contribution in [2.45, 2.75) is 34.6 Å². The molecule has 1 aromatic carbocycles. The Morgan fingerprint density at radius 2 is 1.43 bits per heavy atom. The van der Waals surface area contributed by atoms with Crippen LogP contribution in [0.2, 0.25) is 0 Å². The largest absolute Gasteiger partial charge is 0.488 e. The number of carbonyl (C=O) groups excluding carboxylic acids is 3. The number of nitrogens with one attached hydrogen (secondary N) is 1. The number of aliphatic hydroxyl groups excluding tert-OH is 1. The van der Waals surface area contributed by atoms with Crippen molar-refractivity contribution in [3.63, 3.8) is 0 Å². The monoisotopic (exact) mass is 520 g/mol. The Kier molecular flexibility index (Phi) is 20.3. The highest BCUT2D eigenvalue weighted by Gasteiger charge is 2.11. The minimum Gasteiger partial charge on any atom is -0.461 e. The SMILES string of the molecule is C=C(C)C(=O)Nc1cccc(B(O)O)c1.C=C(C)C(=O)OCCN(CC)CC.C=C(C)C(=O)OCCO. The summed E-state index contributed by atoms with van der Waals surface area (Å²) in [6.07, 6.45) is 0. The number of benzene rings is 1. The molecule has 10 nitrogen and oxygen atoms in total. The first-order chi connectivity index (χ1) is 17.3. The zero-order chi connectivity index (χ0) is 29.0. The average Bonchev–Trinajstić information content (AvgIpc) is 2.85. The highest BCUT2D eigenvalue weighted by atomic mass is 16.5. The molecule has 0 aliphatic rings. The average molecular weight is 520 g/mol. The van der Waals surface area contributed by atoms with Gasteiger partial charge in [-0.05, 0) is 51.5 Å².